The van der Waals surface area contributed by atoms with Gasteiger partial charge in [0.1, 0.15) is 5.75 Å². The molecule has 0 spiro atoms. The van der Waals surface area contributed by atoms with Crippen LogP contribution in [-0.2, 0) is 0 Å². The first-order valence-corrected chi connectivity index (χ1v) is 6.76. The van der Waals surface area contributed by atoms with Gasteiger partial charge in [-0.2, -0.15) is 0 Å². The minimum absolute atomic E-state index is 0.675. The van der Waals surface area contributed by atoms with Gasteiger partial charge in [0.05, 0.1) is 11.5 Å². The maximum absolute atomic E-state index is 10.7. The topological polar surface area (TPSA) is 26.3 Å². The Morgan fingerprint density at radius 3 is 2.61 bits per heavy atom. The lowest BCUT2D eigenvalue weighted by molar-refractivity contribution is 0.112. The summed E-state index contributed by atoms with van der Waals surface area (Å²) in [4.78, 5) is 12.6. The van der Waals surface area contributed by atoms with E-state index in [9.17, 15) is 4.79 Å². The van der Waals surface area contributed by atoms with Gasteiger partial charge in [0.2, 0.25) is 0 Å². The second kappa shape index (κ2) is 5.36. The van der Waals surface area contributed by atoms with Crippen molar-refractivity contribution in [3.05, 3.63) is 40.3 Å². The minimum Gasteiger partial charge on any atom is -0.494 e. The van der Waals surface area contributed by atoms with Crippen LogP contribution in [0.5, 0.6) is 5.75 Å². The molecule has 1 heterocycles. The maximum atomic E-state index is 10.7. The Balaban J connectivity index is 2.45. The van der Waals surface area contributed by atoms with E-state index < -0.39 is 0 Å². The van der Waals surface area contributed by atoms with Crippen LogP contribution in [-0.4, -0.2) is 12.9 Å². The molecule has 2 nitrogen and oxygen atoms in total. The Kier molecular flexibility index (Phi) is 3.82. The summed E-state index contributed by atoms with van der Waals surface area (Å²) in [7, 11) is 0. The third kappa shape index (κ3) is 2.46. The van der Waals surface area contributed by atoms with Gasteiger partial charge in [0.15, 0.2) is 6.29 Å². The molecule has 3 heteroatoms. The highest BCUT2D eigenvalue weighted by Gasteiger charge is 2.09. The van der Waals surface area contributed by atoms with Crippen LogP contribution in [0.25, 0.3) is 10.4 Å². The highest BCUT2D eigenvalue weighted by atomic mass is 32.1. The molecule has 0 aliphatic carbocycles. The van der Waals surface area contributed by atoms with Crippen molar-refractivity contribution in [2.24, 2.45) is 0 Å². The van der Waals surface area contributed by atoms with Gasteiger partial charge in [0.25, 0.3) is 0 Å². The lowest BCUT2D eigenvalue weighted by Crippen LogP contribution is -1.95. The molecule has 0 bridgehead atoms. The number of benzene rings is 1. The first-order chi connectivity index (χ1) is 8.65. The Morgan fingerprint density at radius 2 is 2.00 bits per heavy atom. The molecule has 18 heavy (non-hydrogen) atoms. The molecular formula is C15H16O2S. The fraction of sp³-hybridized carbons (Fsp3) is 0.267. The van der Waals surface area contributed by atoms with Gasteiger partial charge in [-0.15, -0.1) is 11.3 Å². The first-order valence-electron chi connectivity index (χ1n) is 5.95. The smallest absolute Gasteiger partial charge is 0.160 e. The second-order valence-electron chi connectivity index (χ2n) is 4.19. The SMILES string of the molecule is CCOc1cc(C)c(-c2ccc(C=O)s2)cc1C. The molecule has 0 amide bonds. The molecule has 0 aliphatic rings. The van der Waals surface area contributed by atoms with E-state index in [4.69, 9.17) is 4.74 Å². The highest BCUT2D eigenvalue weighted by molar-refractivity contribution is 7.17. The lowest BCUT2D eigenvalue weighted by Gasteiger charge is -2.11. The van der Waals surface area contributed by atoms with Crippen LogP contribution in [0.15, 0.2) is 24.3 Å². The van der Waals surface area contributed by atoms with Crippen molar-refractivity contribution < 1.29 is 9.53 Å². The molecule has 0 N–H and O–H groups in total. The van der Waals surface area contributed by atoms with Crippen molar-refractivity contribution in [2.75, 3.05) is 6.61 Å². The van der Waals surface area contributed by atoms with E-state index in [2.05, 4.69) is 19.1 Å². The predicted molar refractivity (Wildman–Crippen MR) is 75.8 cm³/mol. The van der Waals surface area contributed by atoms with Gasteiger partial charge in [0, 0.05) is 4.88 Å². The summed E-state index contributed by atoms with van der Waals surface area (Å²) in [6.45, 7) is 6.77. The molecule has 1 aromatic heterocycles. The predicted octanol–water partition coefficient (Wildman–Crippen LogP) is 4.24. The Labute approximate surface area is 111 Å². The van der Waals surface area contributed by atoms with Crippen LogP contribution in [0.1, 0.15) is 27.7 Å². The van der Waals surface area contributed by atoms with Crippen molar-refractivity contribution in [1.29, 1.82) is 0 Å². The van der Waals surface area contributed by atoms with Gasteiger partial charge < -0.3 is 4.74 Å². The second-order valence-corrected chi connectivity index (χ2v) is 5.30. The minimum atomic E-state index is 0.675. The van der Waals surface area contributed by atoms with Crippen molar-refractivity contribution in [1.82, 2.24) is 0 Å². The van der Waals surface area contributed by atoms with E-state index >= 15 is 0 Å². The van der Waals surface area contributed by atoms with Crippen molar-refractivity contribution in [2.45, 2.75) is 20.8 Å². The van der Waals surface area contributed by atoms with Crippen LogP contribution in [0.3, 0.4) is 0 Å². The maximum Gasteiger partial charge on any atom is 0.160 e. The summed E-state index contributed by atoms with van der Waals surface area (Å²) in [5.74, 6) is 0.936. The third-order valence-corrected chi connectivity index (χ3v) is 3.87. The largest absolute Gasteiger partial charge is 0.494 e. The molecule has 0 fully saturated rings. The molecule has 0 aliphatic heterocycles. The van der Waals surface area contributed by atoms with Gasteiger partial charge in [-0.1, -0.05) is 0 Å². The fourth-order valence-corrected chi connectivity index (χ4v) is 2.83. The zero-order chi connectivity index (χ0) is 13.1. The Morgan fingerprint density at radius 1 is 1.22 bits per heavy atom. The van der Waals surface area contributed by atoms with Crippen LogP contribution in [0.2, 0.25) is 0 Å². The number of carbonyl (C=O) groups is 1. The number of carbonyl (C=O) groups excluding carboxylic acids is 1. The summed E-state index contributed by atoms with van der Waals surface area (Å²) < 4.78 is 5.58. The lowest BCUT2D eigenvalue weighted by atomic mass is 10.0. The molecule has 0 radical (unpaired) electrons. The average molecular weight is 260 g/mol. The van der Waals surface area contributed by atoms with Crippen molar-refractivity contribution in [3.8, 4) is 16.2 Å². The normalized spacial score (nSPS) is 10.4. The van der Waals surface area contributed by atoms with E-state index in [1.807, 2.05) is 26.0 Å². The summed E-state index contributed by atoms with van der Waals surface area (Å²) in [6, 6.07) is 8.05. The van der Waals surface area contributed by atoms with Crippen LogP contribution >= 0.6 is 11.3 Å². The Hall–Kier alpha value is -1.61. The van der Waals surface area contributed by atoms with Gasteiger partial charge in [-0.05, 0) is 61.7 Å². The highest BCUT2D eigenvalue weighted by Crippen LogP contribution is 2.34. The molecule has 0 atom stereocenters. The first kappa shape index (κ1) is 12.8. The van der Waals surface area contributed by atoms with Gasteiger partial charge >= 0.3 is 0 Å². The molecule has 0 unspecified atom stereocenters. The van der Waals surface area contributed by atoms with Crippen molar-refractivity contribution >= 4 is 17.6 Å². The van der Waals surface area contributed by atoms with E-state index in [1.54, 1.807) is 0 Å². The van der Waals surface area contributed by atoms with E-state index in [0.717, 1.165) is 27.4 Å². The fourth-order valence-electron chi connectivity index (χ4n) is 1.93. The molecule has 0 saturated carbocycles. The number of hydrogen-bond acceptors (Lipinski definition) is 3. The number of ether oxygens (including phenoxy) is 1. The molecular weight excluding hydrogens is 244 g/mol. The number of aldehydes is 1. The van der Waals surface area contributed by atoms with Crippen LogP contribution in [0.4, 0.5) is 0 Å². The summed E-state index contributed by atoms with van der Waals surface area (Å²) in [5, 5.41) is 0. The summed E-state index contributed by atoms with van der Waals surface area (Å²) in [6.07, 6.45) is 0.894. The van der Waals surface area contributed by atoms with Crippen molar-refractivity contribution in [3.63, 3.8) is 0 Å². The van der Waals surface area contributed by atoms with Crippen LogP contribution in [0, 0.1) is 13.8 Å². The summed E-state index contributed by atoms with van der Waals surface area (Å²) in [5.41, 5.74) is 3.47. The standard InChI is InChI=1S/C15H16O2S/c1-4-17-14-8-10(2)13(7-11(14)3)15-6-5-12(9-16)18-15/h5-9H,4H2,1-3H3. The molecule has 2 rings (SSSR count). The van der Waals surface area contributed by atoms with E-state index in [1.165, 1.54) is 22.5 Å². The zero-order valence-corrected chi connectivity index (χ0v) is 11.6. The quantitative estimate of drug-likeness (QED) is 0.768. The number of thiophene rings is 1. The molecule has 0 saturated heterocycles. The summed E-state index contributed by atoms with van der Waals surface area (Å²) >= 11 is 1.52. The molecule has 2 aromatic rings. The monoisotopic (exact) mass is 260 g/mol. The number of hydrogen-bond donors (Lipinski definition) is 0. The molecule has 1 aromatic carbocycles. The number of aryl methyl sites for hydroxylation is 2. The Bertz CT molecular complexity index is 570. The van der Waals surface area contributed by atoms with Crippen LogP contribution < -0.4 is 4.74 Å². The van der Waals surface area contributed by atoms with E-state index in [-0.39, 0.29) is 0 Å². The van der Waals surface area contributed by atoms with Gasteiger partial charge in [-0.25, -0.2) is 0 Å². The average Bonchev–Trinajstić information content (AvgIpc) is 2.82. The third-order valence-electron chi connectivity index (χ3n) is 2.83. The van der Waals surface area contributed by atoms with E-state index in [0.29, 0.717) is 6.61 Å². The van der Waals surface area contributed by atoms with Gasteiger partial charge in [-0.3, -0.25) is 4.79 Å². The zero-order valence-electron chi connectivity index (χ0n) is 10.8. The number of rotatable bonds is 4. The molecule has 94 valence electrons.